The fourth-order valence-electron chi connectivity index (χ4n) is 5.28. The van der Waals surface area contributed by atoms with E-state index in [4.69, 9.17) is 25.7 Å². The standard InChI is InChI=1S/C34H23ClN6O5/c1-20-15-23(21(2)39(20)25-8-11-27(12-9-25)45-32-14-10-26(19-36-32)41(43)44)18-37-40-33(38-29-6-4-3-5-28(29)34(40)42)31-17-22-16-24(35)7-13-30(22)46-31/h3-19H,1-2H3. The van der Waals surface area contributed by atoms with Crippen molar-refractivity contribution in [2.45, 2.75) is 13.8 Å². The zero-order chi connectivity index (χ0) is 31.9. The monoisotopic (exact) mass is 630 g/mol. The van der Waals surface area contributed by atoms with Gasteiger partial charge in [0.05, 0.1) is 22.0 Å². The second kappa shape index (κ2) is 11.5. The maximum Gasteiger partial charge on any atom is 0.287 e. The first kappa shape index (κ1) is 28.7. The number of para-hydroxylation sites is 1. The number of nitrogens with zero attached hydrogens (tertiary/aromatic N) is 6. The van der Waals surface area contributed by atoms with Gasteiger partial charge in [-0.15, -0.1) is 0 Å². The molecule has 0 saturated carbocycles. The van der Waals surface area contributed by atoms with E-state index in [0.717, 1.165) is 34.2 Å². The Morgan fingerprint density at radius 1 is 1.00 bits per heavy atom. The number of benzene rings is 3. The van der Waals surface area contributed by atoms with Gasteiger partial charge >= 0.3 is 0 Å². The van der Waals surface area contributed by atoms with Gasteiger partial charge in [-0.1, -0.05) is 23.7 Å². The van der Waals surface area contributed by atoms with Crippen LogP contribution >= 0.6 is 11.6 Å². The summed E-state index contributed by atoms with van der Waals surface area (Å²) < 4.78 is 15.1. The van der Waals surface area contributed by atoms with Gasteiger partial charge in [0, 0.05) is 45.2 Å². The predicted molar refractivity (Wildman–Crippen MR) is 175 cm³/mol. The first-order valence-electron chi connectivity index (χ1n) is 14.1. The minimum absolute atomic E-state index is 0.113. The molecule has 0 radical (unpaired) electrons. The van der Waals surface area contributed by atoms with Crippen molar-refractivity contribution in [3.8, 4) is 28.9 Å². The highest BCUT2D eigenvalue weighted by Crippen LogP contribution is 2.30. The molecule has 0 N–H and O–H groups in total. The van der Waals surface area contributed by atoms with Gasteiger partial charge in [0.1, 0.15) is 17.5 Å². The van der Waals surface area contributed by atoms with E-state index >= 15 is 0 Å². The molecule has 11 nitrogen and oxygen atoms in total. The molecule has 0 aliphatic rings. The van der Waals surface area contributed by atoms with Crippen molar-refractivity contribution in [1.29, 1.82) is 0 Å². The molecule has 4 aromatic heterocycles. The molecule has 0 saturated heterocycles. The van der Waals surface area contributed by atoms with Gasteiger partial charge in [-0.05, 0) is 80.6 Å². The summed E-state index contributed by atoms with van der Waals surface area (Å²) in [5.74, 6) is 1.42. The van der Waals surface area contributed by atoms with Crippen molar-refractivity contribution in [2.24, 2.45) is 5.10 Å². The van der Waals surface area contributed by atoms with Gasteiger partial charge in [-0.3, -0.25) is 14.9 Å². The zero-order valence-electron chi connectivity index (χ0n) is 24.4. The Hall–Kier alpha value is -6.07. The molecule has 4 heterocycles. The van der Waals surface area contributed by atoms with Crippen LogP contribution in [0.5, 0.6) is 11.6 Å². The molecule has 0 unspecified atom stereocenters. The molecule has 0 fully saturated rings. The van der Waals surface area contributed by atoms with E-state index in [1.807, 2.05) is 38.1 Å². The largest absolute Gasteiger partial charge is 0.453 e. The van der Waals surface area contributed by atoms with Crippen LogP contribution < -0.4 is 10.3 Å². The highest BCUT2D eigenvalue weighted by Gasteiger charge is 2.17. The third-order valence-electron chi connectivity index (χ3n) is 7.48. The van der Waals surface area contributed by atoms with Crippen LogP contribution in [0.3, 0.4) is 0 Å². The molecule has 226 valence electrons. The maximum atomic E-state index is 13.7. The third-order valence-corrected chi connectivity index (χ3v) is 7.72. The van der Waals surface area contributed by atoms with Gasteiger partial charge in [0.25, 0.3) is 11.2 Å². The van der Waals surface area contributed by atoms with Crippen LogP contribution in [-0.2, 0) is 0 Å². The molecule has 7 rings (SSSR count). The molecule has 46 heavy (non-hydrogen) atoms. The molecule has 0 bridgehead atoms. The van der Waals surface area contributed by atoms with Crippen LogP contribution in [0.15, 0.2) is 112 Å². The second-order valence-corrected chi connectivity index (χ2v) is 10.9. The summed E-state index contributed by atoms with van der Waals surface area (Å²) in [5, 5.41) is 17.3. The number of aromatic nitrogens is 4. The zero-order valence-corrected chi connectivity index (χ0v) is 25.2. The molecular formula is C34H23ClN6O5. The normalized spacial score (nSPS) is 11.5. The van der Waals surface area contributed by atoms with E-state index in [1.54, 1.807) is 60.8 Å². The lowest BCUT2D eigenvalue weighted by molar-refractivity contribution is -0.385. The van der Waals surface area contributed by atoms with Gasteiger partial charge in [-0.25, -0.2) is 9.97 Å². The summed E-state index contributed by atoms with van der Waals surface area (Å²) in [4.78, 5) is 32.8. The second-order valence-electron chi connectivity index (χ2n) is 10.5. The molecule has 3 aromatic carbocycles. The van der Waals surface area contributed by atoms with E-state index in [-0.39, 0.29) is 23.0 Å². The van der Waals surface area contributed by atoms with Gasteiger partial charge in [0.15, 0.2) is 5.76 Å². The van der Waals surface area contributed by atoms with E-state index in [9.17, 15) is 14.9 Å². The van der Waals surface area contributed by atoms with E-state index in [0.29, 0.717) is 33.0 Å². The number of hydrogen-bond donors (Lipinski definition) is 0. The Morgan fingerprint density at radius 2 is 1.80 bits per heavy atom. The average molecular weight is 631 g/mol. The van der Waals surface area contributed by atoms with Gasteiger partial charge in [0.2, 0.25) is 11.7 Å². The van der Waals surface area contributed by atoms with Crippen LogP contribution in [0.1, 0.15) is 17.0 Å². The third kappa shape index (κ3) is 5.29. The van der Waals surface area contributed by atoms with Crippen LogP contribution in [0.25, 0.3) is 39.1 Å². The number of fused-ring (bicyclic) bond motifs is 2. The summed E-state index contributed by atoms with van der Waals surface area (Å²) in [6.45, 7) is 3.94. The number of furan rings is 1. The number of nitro groups is 1. The molecular weight excluding hydrogens is 608 g/mol. The Kier molecular flexibility index (Phi) is 7.14. The molecule has 0 amide bonds. The first-order chi connectivity index (χ1) is 22.2. The summed E-state index contributed by atoms with van der Waals surface area (Å²) in [5.41, 5.74) is 4.22. The Morgan fingerprint density at radius 3 is 2.57 bits per heavy atom. The number of aryl methyl sites for hydroxylation is 1. The van der Waals surface area contributed by atoms with Crippen LogP contribution in [0.4, 0.5) is 5.69 Å². The smallest absolute Gasteiger partial charge is 0.287 e. The SMILES string of the molecule is Cc1cc(C=Nn2c(-c3cc4cc(Cl)ccc4o3)nc3ccccc3c2=O)c(C)n1-c1ccc(Oc2ccc([N+](=O)[O-])cn2)cc1. The van der Waals surface area contributed by atoms with Crippen molar-refractivity contribution in [3.63, 3.8) is 0 Å². The van der Waals surface area contributed by atoms with Crippen molar-refractivity contribution >= 4 is 45.4 Å². The van der Waals surface area contributed by atoms with E-state index < -0.39 is 4.92 Å². The topological polar surface area (TPSA) is 131 Å². The van der Waals surface area contributed by atoms with Crippen molar-refractivity contribution in [3.05, 3.63) is 140 Å². The molecule has 0 atom stereocenters. The fourth-order valence-corrected chi connectivity index (χ4v) is 5.46. The number of halogens is 1. The van der Waals surface area contributed by atoms with Crippen molar-refractivity contribution in [1.82, 2.24) is 19.2 Å². The molecule has 0 aliphatic carbocycles. The summed E-state index contributed by atoms with van der Waals surface area (Å²) in [6.07, 6.45) is 2.79. The predicted octanol–water partition coefficient (Wildman–Crippen LogP) is 7.85. The highest BCUT2D eigenvalue weighted by atomic mass is 35.5. The summed E-state index contributed by atoms with van der Waals surface area (Å²) in [7, 11) is 0. The van der Waals surface area contributed by atoms with Crippen LogP contribution in [0.2, 0.25) is 5.02 Å². The fraction of sp³-hybridized carbons (Fsp3) is 0.0588. The number of ether oxygens (including phenoxy) is 1. The minimum atomic E-state index is -0.514. The van der Waals surface area contributed by atoms with Crippen molar-refractivity contribution < 1.29 is 14.1 Å². The summed E-state index contributed by atoms with van der Waals surface area (Å²) in [6, 6.07) is 26.3. The lowest BCUT2D eigenvalue weighted by atomic mass is 10.2. The lowest BCUT2D eigenvalue weighted by Crippen LogP contribution is -2.20. The molecule has 0 spiro atoms. The lowest BCUT2D eigenvalue weighted by Gasteiger charge is -2.11. The van der Waals surface area contributed by atoms with E-state index in [1.165, 1.54) is 16.8 Å². The molecule has 7 aromatic rings. The summed E-state index contributed by atoms with van der Waals surface area (Å²) >= 11 is 6.19. The average Bonchev–Trinajstić information content (AvgIpc) is 3.60. The number of rotatable bonds is 7. The Balaban J connectivity index is 1.22. The van der Waals surface area contributed by atoms with Crippen molar-refractivity contribution in [2.75, 3.05) is 0 Å². The van der Waals surface area contributed by atoms with E-state index in [2.05, 4.69) is 14.7 Å². The number of pyridine rings is 1. The van der Waals surface area contributed by atoms with Gasteiger partial charge in [-0.2, -0.15) is 9.78 Å². The first-order valence-corrected chi connectivity index (χ1v) is 14.5. The Bertz CT molecular complexity index is 2370. The maximum absolute atomic E-state index is 13.7. The number of hydrogen-bond acceptors (Lipinski definition) is 8. The molecule has 0 aliphatic heterocycles. The highest BCUT2D eigenvalue weighted by molar-refractivity contribution is 6.31. The minimum Gasteiger partial charge on any atom is -0.453 e. The van der Waals surface area contributed by atoms with Crippen LogP contribution in [0, 0.1) is 24.0 Å². The molecule has 12 heteroatoms. The quantitative estimate of drug-likeness (QED) is 0.0995. The Labute approximate surface area is 265 Å². The van der Waals surface area contributed by atoms with Gasteiger partial charge < -0.3 is 13.7 Å². The van der Waals surface area contributed by atoms with Crippen LogP contribution in [-0.4, -0.2) is 30.3 Å².